The van der Waals surface area contributed by atoms with Gasteiger partial charge < -0.3 is 14.9 Å². The Balaban J connectivity index is 2.21. The maximum atomic E-state index is 12.4. The van der Waals surface area contributed by atoms with Crippen LogP contribution in [0.25, 0.3) is 0 Å². The van der Waals surface area contributed by atoms with Gasteiger partial charge in [-0.05, 0) is 33.8 Å². The molecule has 1 aromatic rings. The van der Waals surface area contributed by atoms with E-state index in [0.717, 1.165) is 5.69 Å². The van der Waals surface area contributed by atoms with Crippen molar-refractivity contribution in [3.05, 3.63) is 40.4 Å². The molecule has 21 heavy (non-hydrogen) atoms. The lowest BCUT2D eigenvalue weighted by Gasteiger charge is -2.30. The van der Waals surface area contributed by atoms with Crippen molar-refractivity contribution in [2.45, 2.75) is 51.4 Å². The van der Waals surface area contributed by atoms with Crippen LogP contribution in [0.2, 0.25) is 0 Å². The average Bonchev–Trinajstić information content (AvgIpc) is 2.76. The van der Waals surface area contributed by atoms with Gasteiger partial charge in [-0.3, -0.25) is 9.78 Å². The second kappa shape index (κ2) is 4.15. The lowest BCUT2D eigenvalue weighted by molar-refractivity contribution is -0.0455. The number of carbonyl (C=O) groups is 1. The van der Waals surface area contributed by atoms with Gasteiger partial charge >= 0.3 is 0 Å². The van der Waals surface area contributed by atoms with Gasteiger partial charge in [-0.2, -0.15) is 0 Å². The number of hydrogen-bond donors (Lipinski definition) is 2. The fourth-order valence-electron chi connectivity index (χ4n) is 3.06. The van der Waals surface area contributed by atoms with Crippen LogP contribution < -0.4 is 0 Å². The quantitative estimate of drug-likeness (QED) is 0.821. The van der Waals surface area contributed by atoms with Gasteiger partial charge in [0.1, 0.15) is 11.9 Å². The summed E-state index contributed by atoms with van der Waals surface area (Å²) in [7, 11) is 0. The van der Waals surface area contributed by atoms with E-state index in [9.17, 15) is 15.0 Å². The highest BCUT2D eigenvalue weighted by atomic mass is 16.5. The zero-order valence-electron chi connectivity index (χ0n) is 12.6. The van der Waals surface area contributed by atoms with Crippen LogP contribution in [0.4, 0.5) is 0 Å². The molecule has 0 bridgehead atoms. The van der Waals surface area contributed by atoms with E-state index in [1.165, 1.54) is 6.20 Å². The topological polar surface area (TPSA) is 79.7 Å². The summed E-state index contributed by atoms with van der Waals surface area (Å²) >= 11 is 0. The molecule has 0 unspecified atom stereocenters. The molecule has 0 spiro atoms. The van der Waals surface area contributed by atoms with Crippen molar-refractivity contribution < 1.29 is 19.7 Å². The SMILES string of the molecule is CC1=C2O[C@H](C(C)(C)O)C[C@@]2(O)c2cc(C)ncc2C1=O. The number of allylic oxidation sites excluding steroid dienone is 1. The molecule has 1 fully saturated rings. The highest BCUT2D eigenvalue weighted by molar-refractivity contribution is 6.11. The van der Waals surface area contributed by atoms with Crippen molar-refractivity contribution >= 4 is 5.78 Å². The van der Waals surface area contributed by atoms with E-state index in [-0.39, 0.29) is 18.0 Å². The Morgan fingerprint density at radius 1 is 1.43 bits per heavy atom. The van der Waals surface area contributed by atoms with Crippen molar-refractivity contribution in [1.29, 1.82) is 0 Å². The smallest absolute Gasteiger partial charge is 0.194 e. The van der Waals surface area contributed by atoms with E-state index in [1.807, 2.05) is 6.92 Å². The average molecular weight is 289 g/mol. The number of aryl methyl sites for hydroxylation is 1. The third-order valence-corrected chi connectivity index (χ3v) is 4.32. The summed E-state index contributed by atoms with van der Waals surface area (Å²) in [5.41, 5.74) is -0.447. The van der Waals surface area contributed by atoms with Crippen LogP contribution in [-0.2, 0) is 10.3 Å². The molecule has 5 heteroatoms. The Labute approximate surface area is 123 Å². The maximum Gasteiger partial charge on any atom is 0.194 e. The number of aliphatic hydroxyl groups is 2. The van der Waals surface area contributed by atoms with Gasteiger partial charge in [0, 0.05) is 35.0 Å². The standard InChI is InChI=1S/C16H19NO4/c1-8-5-11-10(7-17-8)13(18)9(2)14-16(11,20)6-12(21-14)15(3,4)19/h5,7,12,19-20H,6H2,1-4H3/t12-,16+/m0/s1. The molecule has 2 N–H and O–H groups in total. The number of fused-ring (bicyclic) bond motifs is 3. The molecule has 1 aliphatic carbocycles. The third kappa shape index (κ3) is 1.92. The Hall–Kier alpha value is -1.72. The Kier molecular flexibility index (Phi) is 2.81. The van der Waals surface area contributed by atoms with Gasteiger partial charge in [-0.25, -0.2) is 0 Å². The first kappa shape index (κ1) is 14.2. The molecule has 1 saturated heterocycles. The molecule has 1 aliphatic heterocycles. The Morgan fingerprint density at radius 2 is 2.10 bits per heavy atom. The summed E-state index contributed by atoms with van der Waals surface area (Å²) < 4.78 is 5.75. The van der Waals surface area contributed by atoms with Crippen LogP contribution in [0.5, 0.6) is 0 Å². The fourth-order valence-corrected chi connectivity index (χ4v) is 3.06. The molecule has 2 aliphatic rings. The van der Waals surface area contributed by atoms with E-state index in [2.05, 4.69) is 4.98 Å². The van der Waals surface area contributed by atoms with Gasteiger partial charge in [0.25, 0.3) is 0 Å². The van der Waals surface area contributed by atoms with Crippen molar-refractivity contribution in [2.24, 2.45) is 0 Å². The predicted octanol–water partition coefficient (Wildman–Crippen LogP) is 1.61. The summed E-state index contributed by atoms with van der Waals surface area (Å²) in [6.07, 6.45) is 1.15. The van der Waals surface area contributed by atoms with Crippen molar-refractivity contribution in [2.75, 3.05) is 0 Å². The summed E-state index contributed by atoms with van der Waals surface area (Å²) in [6.45, 7) is 6.71. The van der Waals surface area contributed by atoms with Crippen molar-refractivity contribution in [3.63, 3.8) is 0 Å². The van der Waals surface area contributed by atoms with Gasteiger partial charge in [-0.15, -0.1) is 0 Å². The molecule has 5 nitrogen and oxygen atoms in total. The molecule has 0 aromatic carbocycles. The lowest BCUT2D eigenvalue weighted by Crippen LogP contribution is -2.37. The number of aromatic nitrogens is 1. The molecule has 1 aromatic heterocycles. The third-order valence-electron chi connectivity index (χ3n) is 4.32. The van der Waals surface area contributed by atoms with Crippen molar-refractivity contribution in [1.82, 2.24) is 4.98 Å². The number of ether oxygens (including phenoxy) is 1. The summed E-state index contributed by atoms with van der Waals surface area (Å²) in [5, 5.41) is 21.3. The minimum Gasteiger partial charge on any atom is -0.488 e. The lowest BCUT2D eigenvalue weighted by atomic mass is 9.77. The molecule has 2 heterocycles. The van der Waals surface area contributed by atoms with Crippen LogP contribution in [0.1, 0.15) is 48.8 Å². The molecule has 0 radical (unpaired) electrons. The minimum absolute atomic E-state index is 0.187. The zero-order chi connectivity index (χ0) is 15.6. The van der Waals surface area contributed by atoms with Crippen LogP contribution in [-0.4, -0.2) is 32.7 Å². The summed E-state index contributed by atoms with van der Waals surface area (Å²) in [5.74, 6) is 0.0753. The molecule has 2 atom stereocenters. The molecular weight excluding hydrogens is 270 g/mol. The van der Waals surface area contributed by atoms with E-state index >= 15 is 0 Å². The Bertz CT molecular complexity index is 671. The number of hydrogen-bond acceptors (Lipinski definition) is 5. The van der Waals surface area contributed by atoms with E-state index in [1.54, 1.807) is 26.8 Å². The fraction of sp³-hybridized carbons (Fsp3) is 0.500. The first-order chi connectivity index (χ1) is 9.64. The van der Waals surface area contributed by atoms with Gasteiger partial charge in [0.15, 0.2) is 11.4 Å². The first-order valence-corrected chi connectivity index (χ1v) is 6.99. The minimum atomic E-state index is -1.37. The summed E-state index contributed by atoms with van der Waals surface area (Å²) in [4.78, 5) is 16.6. The maximum absolute atomic E-state index is 12.4. The normalized spacial score (nSPS) is 28.3. The molecule has 3 rings (SSSR count). The van der Waals surface area contributed by atoms with Crippen LogP contribution in [0.15, 0.2) is 23.6 Å². The highest BCUT2D eigenvalue weighted by Gasteiger charge is 2.54. The number of pyridine rings is 1. The van der Waals surface area contributed by atoms with E-state index in [0.29, 0.717) is 16.7 Å². The van der Waals surface area contributed by atoms with Gasteiger partial charge in [0.2, 0.25) is 0 Å². The molecule has 0 saturated carbocycles. The first-order valence-electron chi connectivity index (χ1n) is 6.99. The number of rotatable bonds is 1. The van der Waals surface area contributed by atoms with E-state index in [4.69, 9.17) is 4.74 Å². The van der Waals surface area contributed by atoms with Crippen LogP contribution in [0.3, 0.4) is 0 Å². The zero-order valence-corrected chi connectivity index (χ0v) is 12.6. The van der Waals surface area contributed by atoms with Gasteiger partial charge in [-0.1, -0.05) is 0 Å². The highest BCUT2D eigenvalue weighted by Crippen LogP contribution is 2.50. The van der Waals surface area contributed by atoms with E-state index < -0.39 is 17.3 Å². The summed E-state index contributed by atoms with van der Waals surface area (Å²) in [6, 6.07) is 1.72. The van der Waals surface area contributed by atoms with Crippen LogP contribution in [0, 0.1) is 6.92 Å². The second-order valence-electron chi connectivity index (χ2n) is 6.48. The van der Waals surface area contributed by atoms with Crippen molar-refractivity contribution in [3.8, 4) is 0 Å². The number of ketones is 1. The Morgan fingerprint density at radius 3 is 2.71 bits per heavy atom. The number of Topliss-reactive ketones (excluding diaryl/α,β-unsaturated/α-hetero) is 1. The monoisotopic (exact) mass is 289 g/mol. The molecular formula is C16H19NO4. The largest absolute Gasteiger partial charge is 0.488 e. The molecule has 112 valence electrons. The number of nitrogens with zero attached hydrogens (tertiary/aromatic N) is 1. The number of carbonyl (C=O) groups excluding carboxylic acids is 1. The van der Waals surface area contributed by atoms with Crippen LogP contribution >= 0.6 is 0 Å². The van der Waals surface area contributed by atoms with Gasteiger partial charge in [0.05, 0.1) is 5.60 Å². The second-order valence-corrected chi connectivity index (χ2v) is 6.48. The molecule has 0 amide bonds. The predicted molar refractivity (Wildman–Crippen MR) is 75.7 cm³/mol.